The molecule has 0 amide bonds. The molecule has 2 heterocycles. The van der Waals surface area contributed by atoms with Crippen LogP contribution in [-0.4, -0.2) is 9.13 Å². The fraction of sp³-hybridized carbons (Fsp3) is 0. The van der Waals surface area contributed by atoms with Crippen molar-refractivity contribution < 1.29 is 0 Å². The Labute approximate surface area is 243 Å². The molecule has 2 nitrogen and oxygen atoms in total. The average Bonchev–Trinajstić information content (AvgIpc) is 3.64. The van der Waals surface area contributed by atoms with Crippen molar-refractivity contribution in [2.45, 2.75) is 0 Å². The summed E-state index contributed by atoms with van der Waals surface area (Å²) in [6.45, 7) is 0. The summed E-state index contributed by atoms with van der Waals surface area (Å²) >= 11 is 0. The highest BCUT2D eigenvalue weighted by molar-refractivity contribution is 6.18. The van der Waals surface area contributed by atoms with E-state index in [-0.39, 0.29) is 0 Å². The topological polar surface area (TPSA) is 9.86 Å². The van der Waals surface area contributed by atoms with Crippen molar-refractivity contribution in [3.63, 3.8) is 0 Å². The van der Waals surface area contributed by atoms with Crippen molar-refractivity contribution in [2.75, 3.05) is 0 Å². The number of benzene rings is 7. The minimum atomic E-state index is 1.15. The van der Waals surface area contributed by atoms with Crippen LogP contribution in [0.5, 0.6) is 0 Å². The van der Waals surface area contributed by atoms with Crippen LogP contribution in [0.3, 0.4) is 0 Å². The Morgan fingerprint density at radius 1 is 0.381 bits per heavy atom. The summed E-state index contributed by atoms with van der Waals surface area (Å²) in [5, 5.41) is 8.90. The van der Waals surface area contributed by atoms with E-state index in [4.69, 9.17) is 0 Å². The summed E-state index contributed by atoms with van der Waals surface area (Å²) in [4.78, 5) is 0. The van der Waals surface area contributed by atoms with Crippen LogP contribution < -0.4 is 0 Å². The summed E-state index contributed by atoms with van der Waals surface area (Å²) in [5.41, 5.74) is 8.47. The normalized spacial score (nSPS) is 11.8. The van der Waals surface area contributed by atoms with Gasteiger partial charge < -0.3 is 9.13 Å². The van der Waals surface area contributed by atoms with E-state index in [1.54, 1.807) is 0 Å². The lowest BCUT2D eigenvalue weighted by Gasteiger charge is -2.13. The van der Waals surface area contributed by atoms with E-state index in [1.807, 2.05) is 0 Å². The number of hydrogen-bond donors (Lipinski definition) is 0. The first kappa shape index (κ1) is 23.1. The molecule has 0 unspecified atom stereocenters. The molecule has 7 aromatic carbocycles. The van der Waals surface area contributed by atoms with Gasteiger partial charge in [0.2, 0.25) is 0 Å². The first-order chi connectivity index (χ1) is 20.8. The Morgan fingerprint density at radius 2 is 1.07 bits per heavy atom. The molecule has 9 aromatic rings. The van der Waals surface area contributed by atoms with Gasteiger partial charge in [0.1, 0.15) is 0 Å². The highest BCUT2D eigenvalue weighted by Gasteiger charge is 2.18. The van der Waals surface area contributed by atoms with Gasteiger partial charge in [-0.25, -0.2) is 0 Å². The zero-order chi connectivity index (χ0) is 27.6. The van der Waals surface area contributed by atoms with Gasteiger partial charge in [0, 0.05) is 33.7 Å². The van der Waals surface area contributed by atoms with E-state index in [0.717, 1.165) is 5.69 Å². The second-order valence-corrected chi connectivity index (χ2v) is 11.0. The molecular formula is C40H26N2. The minimum Gasteiger partial charge on any atom is -0.315 e. The van der Waals surface area contributed by atoms with Gasteiger partial charge in [-0.15, -0.1) is 0 Å². The molecule has 2 heteroatoms. The lowest BCUT2D eigenvalue weighted by Crippen LogP contribution is -1.97. The van der Waals surface area contributed by atoms with Crippen molar-refractivity contribution in [1.82, 2.24) is 9.13 Å². The third kappa shape index (κ3) is 3.33. The molecule has 0 radical (unpaired) electrons. The molecule has 0 saturated heterocycles. The fourth-order valence-corrected chi connectivity index (χ4v) is 6.83. The maximum absolute atomic E-state index is 2.42. The molecule has 0 fully saturated rings. The molecule has 2 aromatic heterocycles. The van der Waals surface area contributed by atoms with Crippen molar-refractivity contribution >= 4 is 54.3 Å². The van der Waals surface area contributed by atoms with Crippen molar-refractivity contribution in [2.24, 2.45) is 0 Å². The standard InChI is InChI=1S/C40H26N2/c1-2-11-31(12-3-1)42-38-17-9-8-16-35(38)36-23-20-28-24-25-41(39(28)40(36)42)30-21-18-27(19-22-30)37-26-29-10-4-5-13-32(29)33-14-6-7-15-34(33)37/h1-26H. The zero-order valence-electron chi connectivity index (χ0n) is 22.9. The van der Waals surface area contributed by atoms with Crippen LogP contribution >= 0.6 is 0 Å². The molecule has 0 atom stereocenters. The molecule has 9 rings (SSSR count). The number of rotatable bonds is 3. The Hall–Kier alpha value is -5.60. The Bertz CT molecular complexity index is 2440. The van der Waals surface area contributed by atoms with Gasteiger partial charge in [0.05, 0.1) is 16.6 Å². The summed E-state index contributed by atoms with van der Waals surface area (Å²) in [7, 11) is 0. The molecule has 42 heavy (non-hydrogen) atoms. The van der Waals surface area contributed by atoms with Gasteiger partial charge in [-0.2, -0.15) is 0 Å². The predicted octanol–water partition coefficient (Wildman–Crippen LogP) is 10.7. The largest absolute Gasteiger partial charge is 0.315 e. The lowest BCUT2D eigenvalue weighted by atomic mass is 9.93. The summed E-state index contributed by atoms with van der Waals surface area (Å²) in [5.74, 6) is 0. The second kappa shape index (κ2) is 8.95. The molecule has 0 aliphatic heterocycles. The number of fused-ring (bicyclic) bond motifs is 8. The molecular weight excluding hydrogens is 508 g/mol. The van der Waals surface area contributed by atoms with Gasteiger partial charge in [-0.05, 0) is 75.1 Å². The van der Waals surface area contributed by atoms with Crippen LogP contribution in [0.15, 0.2) is 158 Å². The van der Waals surface area contributed by atoms with Crippen molar-refractivity contribution in [3.8, 4) is 22.5 Å². The van der Waals surface area contributed by atoms with Crippen LogP contribution in [0.2, 0.25) is 0 Å². The van der Waals surface area contributed by atoms with Gasteiger partial charge >= 0.3 is 0 Å². The van der Waals surface area contributed by atoms with Gasteiger partial charge in [0.15, 0.2) is 0 Å². The van der Waals surface area contributed by atoms with Gasteiger partial charge in [0.25, 0.3) is 0 Å². The Kier molecular flexibility index (Phi) is 4.93. The smallest absolute Gasteiger partial charge is 0.0788 e. The third-order valence-corrected chi connectivity index (χ3v) is 8.72. The zero-order valence-corrected chi connectivity index (χ0v) is 22.9. The van der Waals surface area contributed by atoms with Crippen molar-refractivity contribution in [1.29, 1.82) is 0 Å². The minimum absolute atomic E-state index is 1.15. The highest BCUT2D eigenvalue weighted by Crippen LogP contribution is 2.39. The van der Waals surface area contributed by atoms with Crippen LogP contribution in [0.1, 0.15) is 0 Å². The lowest BCUT2D eigenvalue weighted by molar-refractivity contribution is 1.12. The summed E-state index contributed by atoms with van der Waals surface area (Å²) < 4.78 is 4.76. The van der Waals surface area contributed by atoms with Crippen LogP contribution in [0.25, 0.3) is 76.8 Å². The predicted molar refractivity (Wildman–Crippen MR) is 178 cm³/mol. The molecule has 0 bridgehead atoms. The third-order valence-electron chi connectivity index (χ3n) is 8.72. The van der Waals surface area contributed by atoms with E-state index in [0.29, 0.717) is 0 Å². The molecule has 0 spiro atoms. The Balaban J connectivity index is 1.27. The maximum atomic E-state index is 2.42. The first-order valence-electron chi connectivity index (χ1n) is 14.5. The number of para-hydroxylation sites is 2. The summed E-state index contributed by atoms with van der Waals surface area (Å²) in [6.07, 6.45) is 2.21. The molecule has 196 valence electrons. The van der Waals surface area contributed by atoms with Crippen molar-refractivity contribution in [3.05, 3.63) is 158 Å². The molecule has 0 aliphatic carbocycles. The van der Waals surface area contributed by atoms with Crippen LogP contribution in [-0.2, 0) is 0 Å². The number of nitrogens with zero attached hydrogens (tertiary/aromatic N) is 2. The number of aromatic nitrogens is 2. The van der Waals surface area contributed by atoms with E-state index >= 15 is 0 Å². The number of hydrogen-bond acceptors (Lipinski definition) is 0. The van der Waals surface area contributed by atoms with Crippen LogP contribution in [0, 0.1) is 0 Å². The van der Waals surface area contributed by atoms with E-state index in [1.165, 1.54) is 71.1 Å². The van der Waals surface area contributed by atoms with E-state index in [9.17, 15) is 0 Å². The molecule has 0 N–H and O–H groups in total. The Morgan fingerprint density at radius 3 is 1.90 bits per heavy atom. The first-order valence-corrected chi connectivity index (χ1v) is 14.5. The highest BCUT2D eigenvalue weighted by atomic mass is 15.0. The van der Waals surface area contributed by atoms with Crippen LogP contribution in [0.4, 0.5) is 0 Å². The summed E-state index contributed by atoms with van der Waals surface area (Å²) in [6, 6.07) is 55.0. The van der Waals surface area contributed by atoms with E-state index in [2.05, 4.69) is 167 Å². The second-order valence-electron chi connectivity index (χ2n) is 11.0. The SMILES string of the molecule is c1ccc(-n2c3ccccc3c3ccc4ccn(-c5ccc(-c6cc7ccccc7c7ccccc67)cc5)c4c32)cc1. The molecule has 0 saturated carbocycles. The average molecular weight is 535 g/mol. The molecule has 0 aliphatic rings. The van der Waals surface area contributed by atoms with Gasteiger partial charge in [-0.3, -0.25) is 0 Å². The monoisotopic (exact) mass is 534 g/mol. The maximum Gasteiger partial charge on any atom is 0.0788 e. The quantitative estimate of drug-likeness (QED) is 0.200. The fourth-order valence-electron chi connectivity index (χ4n) is 6.83. The van der Waals surface area contributed by atoms with E-state index < -0.39 is 0 Å². The van der Waals surface area contributed by atoms with Gasteiger partial charge in [-0.1, -0.05) is 109 Å².